The van der Waals surface area contributed by atoms with Crippen LogP contribution in [0.4, 0.5) is 0 Å². The van der Waals surface area contributed by atoms with Crippen molar-refractivity contribution in [2.24, 2.45) is 0 Å². The Morgan fingerprint density at radius 2 is 1.83 bits per heavy atom. The Balaban J connectivity index is 1.88. The summed E-state index contributed by atoms with van der Waals surface area (Å²) in [6.07, 6.45) is 2.04. The standard InChI is InChI=1S/C19H30N2OSSi/c1-15(22-24(5,6)19(2,3)4)18-21-14-17(23-18)13-20-12-16-10-8-7-9-11-16/h7-11,14-15,20H,12-13H2,1-6H3. The number of hydrogen-bond acceptors (Lipinski definition) is 4. The Morgan fingerprint density at radius 3 is 2.46 bits per heavy atom. The molecule has 0 aliphatic carbocycles. The van der Waals surface area contributed by atoms with Crippen LogP contribution in [-0.2, 0) is 17.5 Å². The van der Waals surface area contributed by atoms with Crippen LogP contribution in [0, 0.1) is 0 Å². The number of hydrogen-bond donors (Lipinski definition) is 1. The van der Waals surface area contributed by atoms with Crippen LogP contribution in [0.2, 0.25) is 18.1 Å². The second kappa shape index (κ2) is 7.91. The molecule has 0 radical (unpaired) electrons. The lowest BCUT2D eigenvalue weighted by Gasteiger charge is -2.38. The minimum absolute atomic E-state index is 0.0683. The van der Waals surface area contributed by atoms with Crippen LogP contribution in [0.15, 0.2) is 36.5 Å². The molecule has 1 aromatic heterocycles. The fourth-order valence-electron chi connectivity index (χ4n) is 2.19. The fraction of sp³-hybridized carbons (Fsp3) is 0.526. The second-order valence-electron chi connectivity index (χ2n) is 7.77. The van der Waals surface area contributed by atoms with Gasteiger partial charge in [-0.3, -0.25) is 0 Å². The van der Waals surface area contributed by atoms with Crippen molar-refractivity contribution in [1.82, 2.24) is 10.3 Å². The highest BCUT2D eigenvalue weighted by Gasteiger charge is 2.39. The monoisotopic (exact) mass is 362 g/mol. The molecule has 0 saturated carbocycles. The van der Waals surface area contributed by atoms with Gasteiger partial charge >= 0.3 is 0 Å². The predicted molar refractivity (Wildman–Crippen MR) is 106 cm³/mol. The summed E-state index contributed by atoms with van der Waals surface area (Å²) in [6.45, 7) is 15.2. The minimum Gasteiger partial charge on any atom is -0.408 e. The number of aromatic nitrogens is 1. The molecule has 2 aromatic rings. The zero-order valence-corrected chi connectivity index (χ0v) is 17.5. The normalized spacial score (nSPS) is 13.9. The van der Waals surface area contributed by atoms with Gasteiger partial charge in [0.1, 0.15) is 5.01 Å². The number of rotatable bonds is 7. The lowest BCUT2D eigenvalue weighted by molar-refractivity contribution is 0.202. The lowest BCUT2D eigenvalue weighted by Crippen LogP contribution is -2.41. The number of nitrogens with zero attached hydrogens (tertiary/aromatic N) is 1. The molecule has 2 rings (SSSR count). The molecular formula is C19H30N2OSSi. The van der Waals surface area contributed by atoms with E-state index in [-0.39, 0.29) is 11.1 Å². The Hall–Kier alpha value is -1.01. The summed E-state index contributed by atoms with van der Waals surface area (Å²) in [5.74, 6) is 0. The summed E-state index contributed by atoms with van der Waals surface area (Å²) < 4.78 is 6.44. The van der Waals surface area contributed by atoms with E-state index in [1.54, 1.807) is 11.3 Å². The topological polar surface area (TPSA) is 34.1 Å². The number of thiazole rings is 1. The van der Waals surface area contributed by atoms with E-state index in [2.05, 4.69) is 75.4 Å². The molecular weight excluding hydrogens is 332 g/mol. The average molecular weight is 363 g/mol. The SMILES string of the molecule is CC(O[Si](C)(C)C(C)(C)C)c1ncc(CNCc2ccccc2)s1. The third-order valence-corrected chi connectivity index (χ3v) is 10.4. The lowest BCUT2D eigenvalue weighted by atomic mass is 10.2. The van der Waals surface area contributed by atoms with Crippen LogP contribution in [0.5, 0.6) is 0 Å². The zero-order valence-electron chi connectivity index (χ0n) is 15.7. The highest BCUT2D eigenvalue weighted by Crippen LogP contribution is 2.40. The van der Waals surface area contributed by atoms with Crippen molar-refractivity contribution < 1.29 is 4.43 Å². The van der Waals surface area contributed by atoms with E-state index in [1.807, 2.05) is 12.3 Å². The maximum Gasteiger partial charge on any atom is 0.193 e. The van der Waals surface area contributed by atoms with E-state index in [4.69, 9.17) is 4.43 Å². The van der Waals surface area contributed by atoms with E-state index in [1.165, 1.54) is 10.4 Å². The number of nitrogens with one attached hydrogen (secondary N) is 1. The molecule has 1 heterocycles. The third kappa shape index (κ3) is 5.24. The first-order valence-electron chi connectivity index (χ1n) is 8.56. The largest absolute Gasteiger partial charge is 0.408 e. The van der Waals surface area contributed by atoms with Crippen LogP contribution in [0.3, 0.4) is 0 Å². The van der Waals surface area contributed by atoms with Crippen molar-refractivity contribution >= 4 is 19.7 Å². The van der Waals surface area contributed by atoms with Gasteiger partial charge < -0.3 is 9.74 Å². The number of benzene rings is 1. The molecule has 0 amide bonds. The van der Waals surface area contributed by atoms with Crippen molar-refractivity contribution in [3.8, 4) is 0 Å². The molecule has 1 N–H and O–H groups in total. The smallest absolute Gasteiger partial charge is 0.193 e. The van der Waals surface area contributed by atoms with Gasteiger partial charge in [-0.15, -0.1) is 11.3 Å². The van der Waals surface area contributed by atoms with E-state index >= 15 is 0 Å². The molecule has 3 nitrogen and oxygen atoms in total. The van der Waals surface area contributed by atoms with Crippen LogP contribution in [0.1, 0.15) is 49.2 Å². The van der Waals surface area contributed by atoms with Crippen molar-refractivity contribution in [3.05, 3.63) is 52.0 Å². The van der Waals surface area contributed by atoms with Gasteiger partial charge in [-0.1, -0.05) is 51.1 Å². The molecule has 0 spiro atoms. The molecule has 1 unspecified atom stereocenters. The van der Waals surface area contributed by atoms with Crippen LogP contribution in [0.25, 0.3) is 0 Å². The molecule has 0 aliphatic heterocycles. The van der Waals surface area contributed by atoms with Gasteiger partial charge in [-0.25, -0.2) is 4.98 Å². The summed E-state index contributed by atoms with van der Waals surface area (Å²) in [7, 11) is -1.76. The molecule has 5 heteroatoms. The molecule has 0 aliphatic rings. The second-order valence-corrected chi connectivity index (χ2v) is 13.7. The Morgan fingerprint density at radius 1 is 1.17 bits per heavy atom. The van der Waals surface area contributed by atoms with Crippen LogP contribution < -0.4 is 5.32 Å². The van der Waals surface area contributed by atoms with Gasteiger partial charge in [0.05, 0.1) is 6.10 Å². The highest BCUT2D eigenvalue weighted by molar-refractivity contribution is 7.11. The molecule has 1 aromatic carbocycles. The predicted octanol–water partition coefficient (Wildman–Crippen LogP) is 5.52. The first-order chi connectivity index (χ1) is 11.2. The third-order valence-electron chi connectivity index (χ3n) is 4.67. The van der Waals surface area contributed by atoms with E-state index in [0.717, 1.165) is 18.1 Å². The first-order valence-corrected chi connectivity index (χ1v) is 12.3. The molecule has 0 bridgehead atoms. The zero-order chi connectivity index (χ0) is 17.8. The minimum atomic E-state index is -1.76. The fourth-order valence-corrected chi connectivity index (χ4v) is 4.49. The van der Waals surface area contributed by atoms with Crippen LogP contribution in [-0.4, -0.2) is 13.3 Å². The highest BCUT2D eigenvalue weighted by atomic mass is 32.1. The molecule has 1 atom stereocenters. The van der Waals surface area contributed by atoms with Gasteiger partial charge in [0, 0.05) is 24.2 Å². The maximum absolute atomic E-state index is 6.44. The Bertz CT molecular complexity index is 634. The van der Waals surface area contributed by atoms with Gasteiger partial charge in [0.15, 0.2) is 8.32 Å². The summed E-state index contributed by atoms with van der Waals surface area (Å²) >= 11 is 1.75. The van der Waals surface area contributed by atoms with E-state index in [9.17, 15) is 0 Å². The molecule has 0 fully saturated rings. The summed E-state index contributed by atoms with van der Waals surface area (Å²) in [6, 6.07) is 10.5. The first kappa shape index (κ1) is 19.3. The summed E-state index contributed by atoms with van der Waals surface area (Å²) in [5, 5.41) is 4.78. The van der Waals surface area contributed by atoms with Gasteiger partial charge in [0.2, 0.25) is 0 Å². The maximum atomic E-state index is 6.44. The summed E-state index contributed by atoms with van der Waals surface area (Å²) in [5.41, 5.74) is 1.30. The van der Waals surface area contributed by atoms with Crippen molar-refractivity contribution in [2.75, 3.05) is 0 Å². The quantitative estimate of drug-likeness (QED) is 0.659. The van der Waals surface area contributed by atoms with Crippen molar-refractivity contribution in [1.29, 1.82) is 0 Å². The van der Waals surface area contributed by atoms with Crippen molar-refractivity contribution in [3.63, 3.8) is 0 Å². The van der Waals surface area contributed by atoms with Gasteiger partial charge in [-0.05, 0) is 30.6 Å². The van der Waals surface area contributed by atoms with E-state index < -0.39 is 8.32 Å². The molecule has 132 valence electrons. The Kier molecular flexibility index (Phi) is 6.37. The van der Waals surface area contributed by atoms with Gasteiger partial charge in [0.25, 0.3) is 0 Å². The Labute approximate surface area is 151 Å². The van der Waals surface area contributed by atoms with Crippen molar-refractivity contribution in [2.45, 2.75) is 65.0 Å². The summed E-state index contributed by atoms with van der Waals surface area (Å²) in [4.78, 5) is 5.84. The molecule has 24 heavy (non-hydrogen) atoms. The average Bonchev–Trinajstić information content (AvgIpc) is 2.96. The van der Waals surface area contributed by atoms with Gasteiger partial charge in [-0.2, -0.15) is 0 Å². The van der Waals surface area contributed by atoms with Crippen LogP contribution >= 0.6 is 11.3 Å². The van der Waals surface area contributed by atoms with E-state index in [0.29, 0.717) is 0 Å². The molecule has 0 saturated heterocycles.